The van der Waals surface area contributed by atoms with Gasteiger partial charge in [-0.05, 0) is 22.0 Å². The zero-order valence-electron chi connectivity index (χ0n) is 10.2. The molecule has 0 fully saturated rings. The summed E-state index contributed by atoms with van der Waals surface area (Å²) in [6, 6.07) is 1.94. The lowest BCUT2D eigenvalue weighted by molar-refractivity contribution is 0.110. The van der Waals surface area contributed by atoms with Gasteiger partial charge < -0.3 is 10.1 Å². The number of hydrogen-bond donors (Lipinski definition) is 1. The van der Waals surface area contributed by atoms with Gasteiger partial charge in [-0.3, -0.25) is 4.98 Å². The first-order valence-corrected chi connectivity index (χ1v) is 7.42. The molecule has 100 valence electrons. The molecule has 6 heteroatoms. The van der Waals surface area contributed by atoms with E-state index >= 15 is 0 Å². The Labute approximate surface area is 129 Å². The highest BCUT2D eigenvalue weighted by Gasteiger charge is 2.21. The Morgan fingerprint density at radius 3 is 2.89 bits per heavy atom. The number of anilines is 1. The van der Waals surface area contributed by atoms with Crippen molar-refractivity contribution in [2.75, 3.05) is 19.0 Å². The minimum atomic E-state index is 0.483. The number of pyridine rings is 1. The average molecular weight is 362 g/mol. The maximum absolute atomic E-state index is 6.32. The molecule has 1 N–H and O–H groups in total. The van der Waals surface area contributed by atoms with Crippen LogP contribution in [0.2, 0.25) is 10.0 Å². The van der Waals surface area contributed by atoms with Gasteiger partial charge in [-0.2, -0.15) is 0 Å². The lowest BCUT2D eigenvalue weighted by Gasteiger charge is -2.21. The van der Waals surface area contributed by atoms with Gasteiger partial charge in [0.25, 0.3) is 0 Å². The highest BCUT2D eigenvalue weighted by molar-refractivity contribution is 9.10. The largest absolute Gasteiger partial charge is 0.387 e. The first-order valence-electron chi connectivity index (χ1n) is 5.88. The van der Waals surface area contributed by atoms with E-state index in [-0.39, 0.29) is 0 Å². The molecule has 3 rings (SSSR count). The predicted molar refractivity (Wildman–Crippen MR) is 82.4 cm³/mol. The van der Waals surface area contributed by atoms with Gasteiger partial charge in [0.15, 0.2) is 0 Å². The standard InChI is InChI=1S/C13H11BrCl2N2O/c1-17-12-6-4-8(14)10(15)11(16)13(6)18-9-2-3-19-5-7(9)12/h4H,2-3,5H2,1H3,(H,17,18). The van der Waals surface area contributed by atoms with Crippen molar-refractivity contribution in [3.63, 3.8) is 0 Å². The molecule has 19 heavy (non-hydrogen) atoms. The molecule has 0 bridgehead atoms. The normalized spacial score (nSPS) is 14.5. The van der Waals surface area contributed by atoms with Crippen molar-refractivity contribution in [2.45, 2.75) is 13.0 Å². The van der Waals surface area contributed by atoms with Crippen LogP contribution in [0.25, 0.3) is 10.9 Å². The third-order valence-corrected chi connectivity index (χ3v) is 4.99. The van der Waals surface area contributed by atoms with E-state index in [4.69, 9.17) is 27.9 Å². The molecule has 3 nitrogen and oxygen atoms in total. The highest BCUT2D eigenvalue weighted by Crippen LogP contribution is 2.41. The van der Waals surface area contributed by atoms with Gasteiger partial charge in [0.2, 0.25) is 0 Å². The molecule has 1 aromatic heterocycles. The van der Waals surface area contributed by atoms with E-state index in [9.17, 15) is 0 Å². The van der Waals surface area contributed by atoms with Crippen molar-refractivity contribution < 1.29 is 4.74 Å². The van der Waals surface area contributed by atoms with Gasteiger partial charge in [0, 0.05) is 28.9 Å². The Kier molecular flexibility index (Phi) is 3.60. The van der Waals surface area contributed by atoms with Crippen LogP contribution < -0.4 is 5.32 Å². The summed E-state index contributed by atoms with van der Waals surface area (Å²) in [7, 11) is 1.89. The maximum atomic E-state index is 6.32. The summed E-state index contributed by atoms with van der Waals surface area (Å²) in [5.41, 5.74) is 3.88. The Balaban J connectivity index is 2.43. The second-order valence-corrected chi connectivity index (χ2v) is 5.96. The predicted octanol–water partition coefficient (Wildman–Crippen LogP) is 4.42. The van der Waals surface area contributed by atoms with Gasteiger partial charge in [-0.1, -0.05) is 23.2 Å². The fourth-order valence-corrected chi connectivity index (χ4v) is 3.32. The van der Waals surface area contributed by atoms with Crippen molar-refractivity contribution in [1.29, 1.82) is 0 Å². The number of hydrogen-bond acceptors (Lipinski definition) is 3. The summed E-state index contributed by atoms with van der Waals surface area (Å²) < 4.78 is 6.29. The molecule has 0 amide bonds. The number of halogens is 3. The van der Waals surface area contributed by atoms with Crippen LogP contribution in [-0.4, -0.2) is 18.6 Å². The van der Waals surface area contributed by atoms with Gasteiger partial charge in [0.05, 0.1) is 40.2 Å². The molecule has 1 aliphatic rings. The molecule has 0 saturated carbocycles. The Bertz CT molecular complexity index is 676. The van der Waals surface area contributed by atoms with Crippen molar-refractivity contribution >= 4 is 55.7 Å². The summed E-state index contributed by atoms with van der Waals surface area (Å²) in [6.45, 7) is 1.27. The van der Waals surface area contributed by atoms with Crippen molar-refractivity contribution in [3.8, 4) is 0 Å². The lowest BCUT2D eigenvalue weighted by Crippen LogP contribution is -2.14. The molecular formula is C13H11BrCl2N2O. The summed E-state index contributed by atoms with van der Waals surface area (Å²) in [5.74, 6) is 0. The molecule has 0 radical (unpaired) electrons. The van der Waals surface area contributed by atoms with E-state index in [1.165, 1.54) is 0 Å². The third-order valence-electron chi connectivity index (χ3n) is 3.28. The first kappa shape index (κ1) is 13.4. The molecule has 0 unspecified atom stereocenters. The first-order chi connectivity index (χ1) is 9.13. The van der Waals surface area contributed by atoms with E-state index in [0.29, 0.717) is 23.3 Å². The highest BCUT2D eigenvalue weighted by atomic mass is 79.9. The maximum Gasteiger partial charge on any atom is 0.0928 e. The number of benzene rings is 1. The third kappa shape index (κ3) is 2.11. The van der Waals surface area contributed by atoms with Crippen molar-refractivity contribution in [2.24, 2.45) is 0 Å². The van der Waals surface area contributed by atoms with E-state index < -0.39 is 0 Å². The van der Waals surface area contributed by atoms with Gasteiger partial charge in [-0.15, -0.1) is 0 Å². The van der Waals surface area contributed by atoms with Crippen LogP contribution in [0.15, 0.2) is 10.5 Å². The van der Waals surface area contributed by atoms with E-state index in [2.05, 4.69) is 26.2 Å². The lowest BCUT2D eigenvalue weighted by atomic mass is 10.0. The van der Waals surface area contributed by atoms with Crippen molar-refractivity contribution in [1.82, 2.24) is 4.98 Å². The molecule has 1 aromatic carbocycles. The van der Waals surface area contributed by atoms with E-state index in [0.717, 1.165) is 38.7 Å². The Morgan fingerprint density at radius 1 is 1.37 bits per heavy atom. The number of fused-ring (bicyclic) bond motifs is 2. The summed E-state index contributed by atoms with van der Waals surface area (Å²) in [6.07, 6.45) is 0.796. The Hall–Kier alpha value is -0.550. The molecule has 0 atom stereocenters. The second kappa shape index (κ2) is 5.09. The van der Waals surface area contributed by atoms with Crippen LogP contribution >= 0.6 is 39.1 Å². The molecule has 0 spiro atoms. The number of nitrogens with one attached hydrogen (secondary N) is 1. The van der Waals surface area contributed by atoms with Gasteiger partial charge in [-0.25, -0.2) is 0 Å². The number of rotatable bonds is 1. The number of ether oxygens (including phenoxy) is 1. The monoisotopic (exact) mass is 360 g/mol. The zero-order chi connectivity index (χ0) is 13.6. The van der Waals surface area contributed by atoms with Crippen LogP contribution in [0.4, 0.5) is 5.69 Å². The topological polar surface area (TPSA) is 34.2 Å². The molecule has 0 aliphatic carbocycles. The van der Waals surface area contributed by atoms with Crippen LogP contribution in [0.1, 0.15) is 11.3 Å². The van der Waals surface area contributed by atoms with Crippen LogP contribution in [0.3, 0.4) is 0 Å². The van der Waals surface area contributed by atoms with E-state index in [1.807, 2.05) is 13.1 Å². The summed E-state index contributed by atoms with van der Waals surface area (Å²) in [4.78, 5) is 4.67. The molecule has 0 saturated heterocycles. The van der Waals surface area contributed by atoms with Crippen LogP contribution in [-0.2, 0) is 17.8 Å². The Morgan fingerprint density at radius 2 is 2.16 bits per heavy atom. The fourth-order valence-electron chi connectivity index (χ4n) is 2.39. The van der Waals surface area contributed by atoms with Gasteiger partial charge >= 0.3 is 0 Å². The minimum Gasteiger partial charge on any atom is -0.387 e. The van der Waals surface area contributed by atoms with Gasteiger partial charge in [0.1, 0.15) is 0 Å². The van der Waals surface area contributed by atoms with Crippen LogP contribution in [0, 0.1) is 0 Å². The molecular weight excluding hydrogens is 351 g/mol. The molecule has 1 aliphatic heterocycles. The van der Waals surface area contributed by atoms with E-state index in [1.54, 1.807) is 0 Å². The quantitative estimate of drug-likeness (QED) is 0.763. The fraction of sp³-hybridized carbons (Fsp3) is 0.308. The summed E-state index contributed by atoms with van der Waals surface area (Å²) >= 11 is 15.9. The van der Waals surface area contributed by atoms with Crippen LogP contribution in [0.5, 0.6) is 0 Å². The smallest absolute Gasteiger partial charge is 0.0928 e. The molecule has 2 heterocycles. The second-order valence-electron chi connectivity index (χ2n) is 4.35. The van der Waals surface area contributed by atoms with Crippen molar-refractivity contribution in [3.05, 3.63) is 31.8 Å². The zero-order valence-corrected chi connectivity index (χ0v) is 13.3. The average Bonchev–Trinajstić information content (AvgIpc) is 2.43. The number of nitrogens with zero attached hydrogens (tertiary/aromatic N) is 1. The summed E-state index contributed by atoms with van der Waals surface area (Å²) in [5, 5.41) is 5.16. The molecule has 2 aromatic rings. The SMILES string of the molecule is CNc1c2c(nc3c(Cl)c(Cl)c(Br)cc13)CCOC2. The number of aromatic nitrogens is 1. The minimum absolute atomic E-state index is 0.483.